The Kier molecular flexibility index (Phi) is 4.56. The number of nitrogens with zero attached hydrogens (tertiary/aromatic N) is 1. The fourth-order valence-corrected chi connectivity index (χ4v) is 3.63. The first kappa shape index (κ1) is 17.1. The average Bonchev–Trinajstić information content (AvgIpc) is 2.46. The molecule has 0 bridgehead atoms. The molecule has 0 aromatic heterocycles. The maximum absolute atomic E-state index is 12.4. The van der Waals surface area contributed by atoms with E-state index in [2.05, 4.69) is 0 Å². The predicted octanol–water partition coefficient (Wildman–Crippen LogP) is 3.87. The van der Waals surface area contributed by atoms with Gasteiger partial charge in [-0.3, -0.25) is 10.1 Å². The summed E-state index contributed by atoms with van der Waals surface area (Å²) in [4.78, 5) is 11.0. The number of rotatable bonds is 4. The highest BCUT2D eigenvalue weighted by atomic mass is 32.2. The third kappa shape index (κ3) is 3.96. The van der Waals surface area contributed by atoms with E-state index in [9.17, 15) is 18.5 Å². The summed E-state index contributed by atoms with van der Waals surface area (Å²) in [5, 5.41) is 11.3. The Bertz CT molecular complexity index is 821. The minimum atomic E-state index is -3.62. The molecule has 0 atom stereocenters. The highest BCUT2D eigenvalue weighted by molar-refractivity contribution is 7.90. The van der Waals surface area contributed by atoms with Crippen LogP contribution in [0.2, 0.25) is 0 Å². The van der Waals surface area contributed by atoms with Gasteiger partial charge in [0.15, 0.2) is 9.84 Å². The fourth-order valence-electron chi connectivity index (χ4n) is 2.24. The number of hydrogen-bond acceptors (Lipinski definition) is 4. The molecular weight excluding hydrogens is 314 g/mol. The molecule has 0 aliphatic rings. The average molecular weight is 333 g/mol. The van der Waals surface area contributed by atoms with Crippen molar-refractivity contribution in [2.45, 2.75) is 36.8 Å². The van der Waals surface area contributed by atoms with Crippen LogP contribution in [0.15, 0.2) is 53.4 Å². The molecule has 0 aliphatic heterocycles. The number of hydrogen-bond donors (Lipinski definition) is 0. The summed E-state index contributed by atoms with van der Waals surface area (Å²) in [6, 6.07) is 12.7. The summed E-state index contributed by atoms with van der Waals surface area (Å²) in [7, 11) is -3.62. The van der Waals surface area contributed by atoms with Crippen LogP contribution in [0.4, 0.5) is 5.69 Å². The van der Waals surface area contributed by atoms with E-state index < -0.39 is 20.5 Å². The van der Waals surface area contributed by atoms with E-state index in [0.717, 1.165) is 5.56 Å². The number of sulfone groups is 1. The van der Waals surface area contributed by atoms with Crippen molar-refractivity contribution in [2.75, 3.05) is 0 Å². The Morgan fingerprint density at radius 2 is 1.65 bits per heavy atom. The van der Waals surface area contributed by atoms with Gasteiger partial charge in [0.05, 0.1) is 15.6 Å². The predicted molar refractivity (Wildman–Crippen MR) is 89.1 cm³/mol. The smallest absolute Gasteiger partial charge is 0.258 e. The molecule has 0 fully saturated rings. The summed E-state index contributed by atoms with van der Waals surface area (Å²) in [5.74, 6) is -0.391. The van der Waals surface area contributed by atoms with Gasteiger partial charge in [0.1, 0.15) is 0 Å². The van der Waals surface area contributed by atoms with E-state index in [0.29, 0.717) is 0 Å². The molecule has 0 N–H and O–H groups in total. The van der Waals surface area contributed by atoms with Gasteiger partial charge < -0.3 is 0 Å². The number of benzene rings is 2. The molecule has 5 nitrogen and oxygen atoms in total. The minimum absolute atomic E-state index is 0.156. The van der Waals surface area contributed by atoms with Crippen molar-refractivity contribution in [3.63, 3.8) is 0 Å². The second-order valence-corrected chi connectivity index (χ2v) is 8.41. The molecule has 0 saturated carbocycles. The molecule has 2 aromatic carbocycles. The lowest BCUT2D eigenvalue weighted by Gasteiger charge is -2.19. The summed E-state index contributed by atoms with van der Waals surface area (Å²) >= 11 is 0. The molecule has 0 heterocycles. The van der Waals surface area contributed by atoms with Gasteiger partial charge >= 0.3 is 0 Å². The summed E-state index contributed by atoms with van der Waals surface area (Å²) in [5.41, 5.74) is 0.593. The summed E-state index contributed by atoms with van der Waals surface area (Å²) in [6.45, 7) is 5.85. The van der Waals surface area contributed by atoms with Crippen LogP contribution < -0.4 is 0 Å². The van der Waals surface area contributed by atoms with E-state index >= 15 is 0 Å². The molecular formula is C17H19NO4S. The SMILES string of the molecule is CC(C)(C)c1ccc(CS(=O)(=O)c2ccccc2)c([N+](=O)[O-])c1. The van der Waals surface area contributed by atoms with Crippen molar-refractivity contribution in [1.82, 2.24) is 0 Å². The highest BCUT2D eigenvalue weighted by Crippen LogP contribution is 2.30. The molecule has 122 valence electrons. The largest absolute Gasteiger partial charge is 0.273 e. The van der Waals surface area contributed by atoms with E-state index in [1.54, 1.807) is 30.3 Å². The van der Waals surface area contributed by atoms with E-state index in [1.165, 1.54) is 18.2 Å². The van der Waals surface area contributed by atoms with Crippen molar-refractivity contribution in [3.05, 3.63) is 69.8 Å². The van der Waals surface area contributed by atoms with E-state index in [1.807, 2.05) is 20.8 Å². The Morgan fingerprint density at radius 1 is 1.04 bits per heavy atom. The normalized spacial score (nSPS) is 12.1. The van der Waals surface area contributed by atoms with Gasteiger partial charge in [-0.2, -0.15) is 0 Å². The zero-order valence-electron chi connectivity index (χ0n) is 13.3. The molecule has 0 spiro atoms. The lowest BCUT2D eigenvalue weighted by atomic mass is 9.86. The van der Waals surface area contributed by atoms with Gasteiger partial charge in [0.2, 0.25) is 0 Å². The third-order valence-corrected chi connectivity index (χ3v) is 5.28. The Balaban J connectivity index is 2.46. The van der Waals surface area contributed by atoms with Crippen LogP contribution in [0.25, 0.3) is 0 Å². The summed E-state index contributed by atoms with van der Waals surface area (Å²) in [6.07, 6.45) is 0. The number of nitro benzene ring substituents is 1. The molecule has 2 rings (SSSR count). The van der Waals surface area contributed by atoms with E-state index in [-0.39, 0.29) is 21.6 Å². The van der Waals surface area contributed by atoms with Crippen molar-refractivity contribution in [1.29, 1.82) is 0 Å². The van der Waals surface area contributed by atoms with Crippen LogP contribution >= 0.6 is 0 Å². The fraction of sp³-hybridized carbons (Fsp3) is 0.294. The number of nitro groups is 1. The zero-order chi connectivity index (χ0) is 17.3. The third-order valence-electron chi connectivity index (χ3n) is 3.60. The van der Waals surface area contributed by atoms with Crippen molar-refractivity contribution < 1.29 is 13.3 Å². The van der Waals surface area contributed by atoms with Crippen LogP contribution in [0.1, 0.15) is 31.9 Å². The summed E-state index contributed by atoms with van der Waals surface area (Å²) < 4.78 is 24.9. The lowest BCUT2D eigenvalue weighted by molar-refractivity contribution is -0.385. The van der Waals surface area contributed by atoms with Crippen LogP contribution in [-0.2, 0) is 21.0 Å². The quantitative estimate of drug-likeness (QED) is 0.628. The lowest BCUT2D eigenvalue weighted by Crippen LogP contribution is -2.13. The molecule has 23 heavy (non-hydrogen) atoms. The highest BCUT2D eigenvalue weighted by Gasteiger charge is 2.24. The van der Waals surface area contributed by atoms with Gasteiger partial charge in [-0.1, -0.05) is 51.1 Å². The Hall–Kier alpha value is -2.21. The minimum Gasteiger partial charge on any atom is -0.258 e. The van der Waals surface area contributed by atoms with E-state index in [4.69, 9.17) is 0 Å². The maximum atomic E-state index is 12.4. The molecule has 0 aliphatic carbocycles. The first-order valence-corrected chi connectivity index (χ1v) is 8.82. The Morgan fingerprint density at radius 3 is 2.17 bits per heavy atom. The molecule has 0 unspecified atom stereocenters. The second-order valence-electron chi connectivity index (χ2n) is 6.42. The second kappa shape index (κ2) is 6.12. The van der Waals surface area contributed by atoms with Crippen LogP contribution in [0.3, 0.4) is 0 Å². The molecule has 2 aromatic rings. The van der Waals surface area contributed by atoms with Gasteiger partial charge in [0.25, 0.3) is 5.69 Å². The Labute approximate surface area is 136 Å². The first-order valence-electron chi connectivity index (χ1n) is 7.17. The maximum Gasteiger partial charge on any atom is 0.273 e. The van der Waals surface area contributed by atoms with Gasteiger partial charge in [-0.15, -0.1) is 0 Å². The topological polar surface area (TPSA) is 77.3 Å². The molecule has 0 radical (unpaired) electrons. The van der Waals surface area contributed by atoms with Crippen LogP contribution in [-0.4, -0.2) is 13.3 Å². The standard InChI is InChI=1S/C17H19NO4S/c1-17(2,3)14-10-9-13(16(11-14)18(19)20)12-23(21,22)15-7-5-4-6-8-15/h4-11H,12H2,1-3H3. The van der Waals surface area contributed by atoms with Crippen molar-refractivity contribution >= 4 is 15.5 Å². The molecule has 0 amide bonds. The zero-order valence-corrected chi connectivity index (χ0v) is 14.1. The van der Waals surface area contributed by atoms with Crippen LogP contribution in [0, 0.1) is 10.1 Å². The first-order chi connectivity index (χ1) is 10.6. The molecule has 0 saturated heterocycles. The van der Waals surface area contributed by atoms with Gasteiger partial charge in [-0.25, -0.2) is 8.42 Å². The van der Waals surface area contributed by atoms with Crippen molar-refractivity contribution in [2.24, 2.45) is 0 Å². The van der Waals surface area contributed by atoms with Crippen molar-refractivity contribution in [3.8, 4) is 0 Å². The van der Waals surface area contributed by atoms with Crippen LogP contribution in [0.5, 0.6) is 0 Å². The monoisotopic (exact) mass is 333 g/mol. The van der Waals surface area contributed by atoms with Gasteiger partial charge in [0, 0.05) is 11.6 Å². The molecule has 6 heteroatoms. The van der Waals surface area contributed by atoms with Gasteiger partial charge in [-0.05, 0) is 23.1 Å².